The van der Waals surface area contributed by atoms with E-state index in [0.717, 1.165) is 10.5 Å². The number of esters is 1. The van der Waals surface area contributed by atoms with E-state index in [1.54, 1.807) is 6.07 Å². The molecular weight excluding hydrogens is 300 g/mol. The summed E-state index contributed by atoms with van der Waals surface area (Å²) in [5.74, 6) is -0.482. The summed E-state index contributed by atoms with van der Waals surface area (Å²) in [4.78, 5) is 36.6. The molecular formula is C16H20N2O5. The lowest BCUT2D eigenvalue weighted by Crippen LogP contribution is -2.42. The van der Waals surface area contributed by atoms with Gasteiger partial charge in [0.1, 0.15) is 5.75 Å². The number of urea groups is 1. The van der Waals surface area contributed by atoms with E-state index < -0.39 is 24.0 Å². The smallest absolute Gasteiger partial charge is 0.324 e. The van der Waals surface area contributed by atoms with Gasteiger partial charge in [0, 0.05) is 18.7 Å². The fourth-order valence-corrected chi connectivity index (χ4v) is 2.39. The Kier molecular flexibility index (Phi) is 5.20. The maximum Gasteiger partial charge on any atom is 0.324 e. The largest absolute Gasteiger partial charge is 0.496 e. The van der Waals surface area contributed by atoms with Gasteiger partial charge in [0.2, 0.25) is 0 Å². The van der Waals surface area contributed by atoms with Crippen LogP contribution in [0.5, 0.6) is 5.75 Å². The summed E-state index contributed by atoms with van der Waals surface area (Å²) in [5.41, 5.74) is 1.68. The van der Waals surface area contributed by atoms with Crippen molar-refractivity contribution in [3.8, 4) is 5.75 Å². The molecule has 1 N–H and O–H groups in total. The van der Waals surface area contributed by atoms with Crippen molar-refractivity contribution in [2.75, 3.05) is 20.2 Å². The lowest BCUT2D eigenvalue weighted by Gasteiger charge is -2.18. The molecule has 1 atom stereocenters. The quantitative estimate of drug-likeness (QED) is 0.819. The van der Waals surface area contributed by atoms with Crippen LogP contribution in [0.4, 0.5) is 4.79 Å². The average molecular weight is 320 g/mol. The van der Waals surface area contributed by atoms with Crippen molar-refractivity contribution in [1.82, 2.24) is 10.2 Å². The predicted octanol–water partition coefficient (Wildman–Crippen LogP) is 1.03. The summed E-state index contributed by atoms with van der Waals surface area (Å²) in [6.45, 7) is 4.06. The fraction of sp³-hybridized carbons (Fsp3) is 0.438. The van der Waals surface area contributed by atoms with E-state index >= 15 is 0 Å². The van der Waals surface area contributed by atoms with Gasteiger partial charge in [0.15, 0.2) is 6.10 Å². The third-order valence-corrected chi connectivity index (χ3v) is 3.55. The number of nitrogens with zero attached hydrogens (tertiary/aromatic N) is 1. The third kappa shape index (κ3) is 4.00. The Morgan fingerprint density at radius 3 is 2.74 bits per heavy atom. The maximum atomic E-state index is 12.1. The number of methoxy groups -OCH3 is 1. The lowest BCUT2D eigenvalue weighted by atomic mass is 10.1. The van der Waals surface area contributed by atoms with E-state index in [9.17, 15) is 14.4 Å². The van der Waals surface area contributed by atoms with Gasteiger partial charge in [-0.05, 0) is 19.9 Å². The van der Waals surface area contributed by atoms with Gasteiger partial charge in [0.25, 0.3) is 5.91 Å². The SMILES string of the molecule is COc1ccc(C)cc1CC(=O)O[C@@H](C)C(=O)N1CCNC1=O. The summed E-state index contributed by atoms with van der Waals surface area (Å²) in [5, 5.41) is 2.53. The highest BCUT2D eigenvalue weighted by Gasteiger charge is 2.31. The Labute approximate surface area is 134 Å². The fourth-order valence-electron chi connectivity index (χ4n) is 2.39. The van der Waals surface area contributed by atoms with Gasteiger partial charge >= 0.3 is 12.0 Å². The number of carbonyl (C=O) groups is 3. The Morgan fingerprint density at radius 2 is 2.13 bits per heavy atom. The molecule has 7 nitrogen and oxygen atoms in total. The van der Waals surface area contributed by atoms with Crippen LogP contribution in [0.15, 0.2) is 18.2 Å². The molecule has 1 aliphatic rings. The molecule has 0 spiro atoms. The molecule has 3 amide bonds. The second-order valence-corrected chi connectivity index (χ2v) is 5.35. The average Bonchev–Trinajstić information content (AvgIpc) is 2.92. The highest BCUT2D eigenvalue weighted by Crippen LogP contribution is 2.20. The van der Waals surface area contributed by atoms with Gasteiger partial charge in [-0.3, -0.25) is 14.5 Å². The molecule has 1 fully saturated rings. The molecule has 0 aromatic heterocycles. The van der Waals surface area contributed by atoms with E-state index in [-0.39, 0.29) is 13.0 Å². The van der Waals surface area contributed by atoms with Crippen LogP contribution in [-0.2, 0) is 20.7 Å². The molecule has 23 heavy (non-hydrogen) atoms. The first kappa shape index (κ1) is 16.8. The van der Waals surface area contributed by atoms with Crippen molar-refractivity contribution in [3.63, 3.8) is 0 Å². The number of amides is 3. The van der Waals surface area contributed by atoms with Gasteiger partial charge in [-0.1, -0.05) is 17.7 Å². The van der Waals surface area contributed by atoms with Crippen molar-refractivity contribution in [2.24, 2.45) is 0 Å². The van der Waals surface area contributed by atoms with Crippen LogP contribution < -0.4 is 10.1 Å². The van der Waals surface area contributed by atoms with E-state index in [2.05, 4.69) is 5.32 Å². The van der Waals surface area contributed by atoms with Crippen molar-refractivity contribution in [1.29, 1.82) is 0 Å². The molecule has 0 aliphatic carbocycles. The molecule has 0 bridgehead atoms. The van der Waals surface area contributed by atoms with E-state index in [4.69, 9.17) is 9.47 Å². The number of imide groups is 1. The second kappa shape index (κ2) is 7.13. The lowest BCUT2D eigenvalue weighted by molar-refractivity contribution is -0.156. The third-order valence-electron chi connectivity index (χ3n) is 3.55. The van der Waals surface area contributed by atoms with Crippen molar-refractivity contribution >= 4 is 17.9 Å². The molecule has 124 valence electrons. The molecule has 0 saturated carbocycles. The van der Waals surface area contributed by atoms with Crippen molar-refractivity contribution < 1.29 is 23.9 Å². The number of carbonyl (C=O) groups excluding carboxylic acids is 3. The minimum Gasteiger partial charge on any atom is -0.496 e. The van der Waals surface area contributed by atoms with Crippen molar-refractivity contribution in [2.45, 2.75) is 26.4 Å². The normalized spacial score (nSPS) is 15.1. The highest BCUT2D eigenvalue weighted by atomic mass is 16.5. The Bertz CT molecular complexity index is 629. The summed E-state index contributed by atoms with van der Waals surface area (Å²) >= 11 is 0. The molecule has 7 heteroatoms. The first-order valence-corrected chi connectivity index (χ1v) is 7.34. The zero-order valence-corrected chi connectivity index (χ0v) is 13.4. The number of nitrogens with one attached hydrogen (secondary N) is 1. The number of rotatable bonds is 5. The zero-order chi connectivity index (χ0) is 17.0. The number of aryl methyl sites for hydroxylation is 1. The first-order chi connectivity index (χ1) is 10.9. The predicted molar refractivity (Wildman–Crippen MR) is 82.1 cm³/mol. The molecule has 1 aromatic carbocycles. The molecule has 0 unspecified atom stereocenters. The summed E-state index contributed by atoms with van der Waals surface area (Å²) in [7, 11) is 1.53. The van der Waals surface area contributed by atoms with E-state index in [1.165, 1.54) is 14.0 Å². The van der Waals surface area contributed by atoms with Gasteiger partial charge < -0.3 is 14.8 Å². The maximum absolute atomic E-state index is 12.1. The molecule has 1 aromatic rings. The molecule has 2 rings (SSSR count). The van der Waals surface area contributed by atoms with Crippen LogP contribution in [0.25, 0.3) is 0 Å². The van der Waals surface area contributed by atoms with Crippen LogP contribution in [0, 0.1) is 6.92 Å². The summed E-state index contributed by atoms with van der Waals surface area (Å²) < 4.78 is 10.4. The zero-order valence-electron chi connectivity index (χ0n) is 13.4. The first-order valence-electron chi connectivity index (χ1n) is 7.34. The molecule has 0 radical (unpaired) electrons. The number of hydrogen-bond donors (Lipinski definition) is 1. The number of hydrogen-bond acceptors (Lipinski definition) is 5. The van der Waals surface area contributed by atoms with Crippen molar-refractivity contribution in [3.05, 3.63) is 29.3 Å². The minimum absolute atomic E-state index is 0.00529. The van der Waals surface area contributed by atoms with Gasteiger partial charge in [-0.15, -0.1) is 0 Å². The summed E-state index contributed by atoms with van der Waals surface area (Å²) in [6, 6.07) is 5.03. The Balaban J connectivity index is 1.98. The molecule has 1 saturated heterocycles. The topological polar surface area (TPSA) is 84.9 Å². The van der Waals surface area contributed by atoms with Crippen LogP contribution in [0.3, 0.4) is 0 Å². The Hall–Kier alpha value is -2.57. The van der Waals surface area contributed by atoms with E-state index in [0.29, 0.717) is 17.9 Å². The van der Waals surface area contributed by atoms with E-state index in [1.807, 2.05) is 19.1 Å². The monoisotopic (exact) mass is 320 g/mol. The summed E-state index contributed by atoms with van der Waals surface area (Å²) in [6.07, 6.45) is -1.02. The number of ether oxygens (including phenoxy) is 2. The minimum atomic E-state index is -1.01. The molecule has 1 aliphatic heterocycles. The standard InChI is InChI=1S/C16H20N2O5/c1-10-4-5-13(22-3)12(8-10)9-14(19)23-11(2)15(20)18-7-6-17-16(18)21/h4-5,8,11H,6-7,9H2,1-3H3,(H,17,21)/t11-/m0/s1. The highest BCUT2D eigenvalue weighted by molar-refractivity contribution is 5.98. The van der Waals surface area contributed by atoms with Crippen LogP contribution in [0.1, 0.15) is 18.1 Å². The van der Waals surface area contributed by atoms with Gasteiger partial charge in [0.05, 0.1) is 13.5 Å². The van der Waals surface area contributed by atoms with Gasteiger partial charge in [-0.2, -0.15) is 0 Å². The second-order valence-electron chi connectivity index (χ2n) is 5.35. The van der Waals surface area contributed by atoms with Crippen LogP contribution in [-0.4, -0.2) is 49.1 Å². The van der Waals surface area contributed by atoms with Crippen LogP contribution in [0.2, 0.25) is 0 Å². The Morgan fingerprint density at radius 1 is 1.39 bits per heavy atom. The van der Waals surface area contributed by atoms with Crippen LogP contribution >= 0.6 is 0 Å². The van der Waals surface area contributed by atoms with Gasteiger partial charge in [-0.25, -0.2) is 4.79 Å². The molecule has 1 heterocycles. The number of benzene rings is 1.